The van der Waals surface area contributed by atoms with E-state index in [1.807, 2.05) is 0 Å². The Morgan fingerprint density at radius 3 is 2.36 bits per heavy atom. The van der Waals surface area contributed by atoms with E-state index in [-0.39, 0.29) is 17.3 Å². The molecule has 0 bridgehead atoms. The molecule has 0 amide bonds. The van der Waals surface area contributed by atoms with Crippen LogP contribution in [0.3, 0.4) is 0 Å². The van der Waals surface area contributed by atoms with Crippen LogP contribution in [-0.2, 0) is 6.54 Å². The van der Waals surface area contributed by atoms with Gasteiger partial charge in [0, 0.05) is 25.2 Å². The Morgan fingerprint density at radius 1 is 1.03 bits per heavy atom. The second-order valence-electron chi connectivity index (χ2n) is 8.94. The molecule has 7 heteroatoms. The number of phenols is 1. The van der Waals surface area contributed by atoms with Gasteiger partial charge >= 0.3 is 0 Å². The highest BCUT2D eigenvalue weighted by Gasteiger charge is 2.33. The monoisotopic (exact) mass is 453 g/mol. The van der Waals surface area contributed by atoms with Crippen LogP contribution in [0.5, 0.6) is 28.7 Å². The van der Waals surface area contributed by atoms with Gasteiger partial charge in [-0.25, -0.2) is 0 Å². The van der Waals surface area contributed by atoms with Gasteiger partial charge in [0.05, 0.1) is 32.5 Å². The van der Waals surface area contributed by atoms with Crippen LogP contribution in [0.25, 0.3) is 6.08 Å². The number of fused-ring (bicyclic) bond motifs is 1. The molecule has 1 fully saturated rings. The van der Waals surface area contributed by atoms with Gasteiger partial charge in [-0.15, -0.1) is 0 Å². The molecule has 2 unspecified atom stereocenters. The maximum absolute atomic E-state index is 13.2. The highest BCUT2D eigenvalue weighted by atomic mass is 16.5. The minimum absolute atomic E-state index is 0.136. The third-order valence-electron chi connectivity index (χ3n) is 6.26. The number of phenolic OH excluding ortho intramolecular Hbond substituents is 1. The Hall–Kier alpha value is -3.19. The number of carbonyl (C=O) groups is 1. The summed E-state index contributed by atoms with van der Waals surface area (Å²) in [6, 6.07) is 6.72. The fourth-order valence-corrected chi connectivity index (χ4v) is 4.97. The Morgan fingerprint density at radius 2 is 1.73 bits per heavy atom. The number of hydrogen-bond donors (Lipinski definition) is 1. The normalized spacial score (nSPS) is 21.6. The molecule has 176 valence electrons. The Bertz CT molecular complexity index is 1080. The molecule has 0 saturated carbocycles. The summed E-state index contributed by atoms with van der Waals surface area (Å²) in [5, 5.41) is 10.6. The smallest absolute Gasteiger partial charge is 0.231 e. The first-order valence-electron chi connectivity index (χ1n) is 11.2. The standard InChI is InChI=1S/C26H31NO6/c1-15-10-16(2)13-27(12-15)14-19-20(28)8-7-18-23(29)22(33-25(18)19)11-17-6-9-21(30-3)26(32-5)24(17)31-4/h6-9,11,15-16,28H,10,12-14H2,1-5H3. The van der Waals surface area contributed by atoms with Crippen molar-refractivity contribution in [1.29, 1.82) is 0 Å². The second-order valence-corrected chi connectivity index (χ2v) is 8.94. The average molecular weight is 454 g/mol. The number of piperidine rings is 1. The largest absolute Gasteiger partial charge is 0.507 e. The summed E-state index contributed by atoms with van der Waals surface area (Å²) in [6.07, 6.45) is 2.83. The fourth-order valence-electron chi connectivity index (χ4n) is 4.97. The summed E-state index contributed by atoms with van der Waals surface area (Å²) >= 11 is 0. The van der Waals surface area contributed by atoms with Gasteiger partial charge in [-0.1, -0.05) is 13.8 Å². The van der Waals surface area contributed by atoms with Gasteiger partial charge in [-0.3, -0.25) is 9.69 Å². The number of ether oxygens (including phenoxy) is 4. The summed E-state index contributed by atoms with van der Waals surface area (Å²) in [6.45, 7) is 6.93. The van der Waals surface area contributed by atoms with E-state index < -0.39 is 0 Å². The van der Waals surface area contributed by atoms with Crippen LogP contribution in [0.4, 0.5) is 0 Å². The highest BCUT2D eigenvalue weighted by molar-refractivity contribution is 6.15. The Kier molecular flexibility index (Phi) is 6.51. The van der Waals surface area contributed by atoms with Crippen LogP contribution in [-0.4, -0.2) is 50.2 Å². The number of carbonyl (C=O) groups excluding carboxylic acids is 1. The lowest BCUT2D eigenvalue weighted by molar-refractivity contribution is 0.101. The van der Waals surface area contributed by atoms with E-state index >= 15 is 0 Å². The average Bonchev–Trinajstić information content (AvgIpc) is 3.10. The van der Waals surface area contributed by atoms with Crippen molar-refractivity contribution in [2.75, 3.05) is 34.4 Å². The number of rotatable bonds is 6. The number of nitrogens with zero attached hydrogens (tertiary/aromatic N) is 1. The molecule has 2 aromatic rings. The van der Waals surface area contributed by atoms with Crippen molar-refractivity contribution in [3.8, 4) is 28.7 Å². The maximum atomic E-state index is 13.2. The van der Waals surface area contributed by atoms with Gasteiger partial charge in [-0.05, 0) is 48.6 Å². The zero-order chi connectivity index (χ0) is 23.7. The summed E-state index contributed by atoms with van der Waals surface area (Å²) in [5.74, 6) is 3.07. The van der Waals surface area contributed by atoms with Gasteiger partial charge in [0.2, 0.25) is 11.5 Å². The van der Waals surface area contributed by atoms with E-state index in [1.165, 1.54) is 20.6 Å². The first kappa shape index (κ1) is 23.0. The molecule has 0 radical (unpaired) electrons. The van der Waals surface area contributed by atoms with Crippen LogP contribution in [0, 0.1) is 11.8 Å². The molecule has 4 rings (SSSR count). The summed E-state index contributed by atoms with van der Waals surface area (Å²) in [4.78, 5) is 15.5. The van der Waals surface area contributed by atoms with E-state index in [9.17, 15) is 9.90 Å². The molecule has 2 heterocycles. The predicted molar refractivity (Wildman–Crippen MR) is 125 cm³/mol. The predicted octanol–water partition coefficient (Wildman–Crippen LogP) is 4.51. The number of likely N-dealkylation sites (tertiary alicyclic amines) is 1. The lowest BCUT2D eigenvalue weighted by atomic mass is 9.91. The lowest BCUT2D eigenvalue weighted by Crippen LogP contribution is -2.38. The molecule has 2 aliphatic heterocycles. The molecular weight excluding hydrogens is 422 g/mol. The molecule has 1 saturated heterocycles. The van der Waals surface area contributed by atoms with Gasteiger partial charge in [-0.2, -0.15) is 0 Å². The van der Waals surface area contributed by atoms with Gasteiger partial charge in [0.25, 0.3) is 0 Å². The number of allylic oxidation sites excluding steroid dienone is 1. The molecule has 2 atom stereocenters. The van der Waals surface area contributed by atoms with E-state index in [1.54, 1.807) is 37.5 Å². The Labute approximate surface area is 194 Å². The summed E-state index contributed by atoms with van der Waals surface area (Å²) < 4.78 is 22.4. The van der Waals surface area contributed by atoms with Crippen LogP contribution in [0.15, 0.2) is 30.0 Å². The van der Waals surface area contributed by atoms with Crippen molar-refractivity contribution in [2.24, 2.45) is 11.8 Å². The summed E-state index contributed by atoms with van der Waals surface area (Å²) in [5.41, 5.74) is 1.71. The number of hydrogen-bond acceptors (Lipinski definition) is 7. The minimum atomic E-state index is -0.233. The molecule has 2 aromatic carbocycles. The van der Waals surface area contributed by atoms with Crippen LogP contribution in [0.2, 0.25) is 0 Å². The minimum Gasteiger partial charge on any atom is -0.507 e. The lowest BCUT2D eigenvalue weighted by Gasteiger charge is -2.35. The first-order chi connectivity index (χ1) is 15.9. The highest BCUT2D eigenvalue weighted by Crippen LogP contribution is 2.44. The molecule has 0 spiro atoms. The zero-order valence-electron chi connectivity index (χ0n) is 19.8. The molecule has 33 heavy (non-hydrogen) atoms. The molecular formula is C26H31NO6. The van der Waals surface area contributed by atoms with Crippen LogP contribution < -0.4 is 18.9 Å². The molecule has 7 nitrogen and oxygen atoms in total. The van der Waals surface area contributed by atoms with Gasteiger partial charge in [0.1, 0.15) is 11.5 Å². The van der Waals surface area contributed by atoms with Crippen molar-refractivity contribution in [2.45, 2.75) is 26.8 Å². The van der Waals surface area contributed by atoms with Crippen molar-refractivity contribution in [1.82, 2.24) is 4.90 Å². The zero-order valence-corrected chi connectivity index (χ0v) is 19.8. The first-order valence-corrected chi connectivity index (χ1v) is 11.2. The topological polar surface area (TPSA) is 77.5 Å². The SMILES string of the molecule is COc1ccc(C=C2Oc3c(ccc(O)c3CN3CC(C)CC(C)C3)C2=O)c(OC)c1OC. The number of benzene rings is 2. The van der Waals surface area contributed by atoms with E-state index in [4.69, 9.17) is 18.9 Å². The summed E-state index contributed by atoms with van der Waals surface area (Å²) in [7, 11) is 4.61. The molecule has 0 aliphatic carbocycles. The molecule has 2 aliphatic rings. The van der Waals surface area contributed by atoms with Crippen molar-refractivity contribution >= 4 is 11.9 Å². The quantitative estimate of drug-likeness (QED) is 0.645. The second kappa shape index (κ2) is 9.35. The van der Waals surface area contributed by atoms with Crippen molar-refractivity contribution in [3.63, 3.8) is 0 Å². The molecule has 0 aromatic heterocycles. The number of methoxy groups -OCH3 is 3. The van der Waals surface area contributed by atoms with Crippen molar-refractivity contribution < 1.29 is 28.8 Å². The van der Waals surface area contributed by atoms with Crippen LogP contribution >= 0.6 is 0 Å². The van der Waals surface area contributed by atoms with Crippen molar-refractivity contribution in [3.05, 3.63) is 46.7 Å². The fraction of sp³-hybridized carbons (Fsp3) is 0.423. The number of aromatic hydroxyl groups is 1. The van der Waals surface area contributed by atoms with E-state index in [0.29, 0.717) is 58.1 Å². The van der Waals surface area contributed by atoms with Gasteiger partial charge < -0.3 is 24.1 Å². The van der Waals surface area contributed by atoms with E-state index in [2.05, 4.69) is 18.7 Å². The third kappa shape index (κ3) is 4.37. The maximum Gasteiger partial charge on any atom is 0.231 e. The number of Topliss-reactive ketones (excluding diaryl/α,β-unsaturated/α-hetero) is 1. The molecule has 1 N–H and O–H groups in total. The Balaban J connectivity index is 1.68. The third-order valence-corrected chi connectivity index (χ3v) is 6.26. The number of ketones is 1. The van der Waals surface area contributed by atoms with E-state index in [0.717, 1.165) is 13.1 Å². The van der Waals surface area contributed by atoms with Crippen LogP contribution in [0.1, 0.15) is 41.8 Å². The van der Waals surface area contributed by atoms with Gasteiger partial charge in [0.15, 0.2) is 17.3 Å².